The summed E-state index contributed by atoms with van der Waals surface area (Å²) in [5.41, 5.74) is -2.57. The smallest absolute Gasteiger partial charge is 0.196 e. The number of rotatable bonds is 2. The highest BCUT2D eigenvalue weighted by molar-refractivity contribution is 6.04. The van der Waals surface area contributed by atoms with E-state index in [-0.39, 0.29) is 43.4 Å². The lowest BCUT2D eigenvalue weighted by atomic mass is 9.70. The van der Waals surface area contributed by atoms with Crippen molar-refractivity contribution in [2.24, 2.45) is 11.8 Å². The van der Waals surface area contributed by atoms with Crippen LogP contribution in [0.25, 0.3) is 0 Å². The Kier molecular flexibility index (Phi) is 3.09. The summed E-state index contributed by atoms with van der Waals surface area (Å²) in [4.78, 5) is 12.7. The van der Waals surface area contributed by atoms with Crippen molar-refractivity contribution in [1.29, 1.82) is 0 Å². The summed E-state index contributed by atoms with van der Waals surface area (Å²) in [6.45, 7) is 3.34. The molecule has 128 valence electrons. The van der Waals surface area contributed by atoms with Crippen LogP contribution in [0.5, 0.6) is 0 Å². The minimum atomic E-state index is -1.42. The molecule has 0 aromatic carbocycles. The van der Waals surface area contributed by atoms with Gasteiger partial charge in [-0.1, -0.05) is 0 Å². The summed E-state index contributed by atoms with van der Waals surface area (Å²) in [6, 6.07) is 0. The third-order valence-electron chi connectivity index (χ3n) is 6.44. The van der Waals surface area contributed by atoms with Crippen molar-refractivity contribution in [2.75, 3.05) is 13.2 Å². The van der Waals surface area contributed by atoms with E-state index in [4.69, 9.17) is 9.47 Å². The summed E-state index contributed by atoms with van der Waals surface area (Å²) in [6.07, 6.45) is 1.89. The molecule has 2 bridgehead atoms. The molecule has 0 radical (unpaired) electrons. The Labute approximate surface area is 135 Å². The van der Waals surface area contributed by atoms with Crippen LogP contribution in [-0.4, -0.2) is 57.2 Å². The van der Waals surface area contributed by atoms with Gasteiger partial charge >= 0.3 is 0 Å². The number of fused-ring (bicyclic) bond motifs is 4. The molecule has 0 aromatic rings. The van der Waals surface area contributed by atoms with Gasteiger partial charge in [-0.05, 0) is 39.0 Å². The molecule has 2 heterocycles. The normalized spacial score (nSPS) is 47.9. The molecule has 3 N–H and O–H groups in total. The van der Waals surface area contributed by atoms with Crippen LogP contribution in [0.3, 0.4) is 0 Å². The van der Waals surface area contributed by atoms with Crippen LogP contribution in [-0.2, 0) is 14.3 Å². The van der Waals surface area contributed by atoms with Gasteiger partial charge in [-0.15, -0.1) is 0 Å². The van der Waals surface area contributed by atoms with Crippen molar-refractivity contribution in [3.05, 3.63) is 11.3 Å². The maximum absolute atomic E-state index is 12.7. The molecule has 4 aliphatic rings. The minimum Gasteiger partial charge on any atom is -0.488 e. The third-order valence-corrected chi connectivity index (χ3v) is 6.44. The molecule has 0 amide bonds. The van der Waals surface area contributed by atoms with E-state index in [0.29, 0.717) is 17.8 Å². The van der Waals surface area contributed by atoms with E-state index in [1.165, 1.54) is 0 Å². The summed E-state index contributed by atoms with van der Waals surface area (Å²) < 4.78 is 11.8. The Hall–Kier alpha value is -0.950. The van der Waals surface area contributed by atoms with Crippen molar-refractivity contribution in [3.8, 4) is 0 Å². The summed E-state index contributed by atoms with van der Waals surface area (Å²) in [7, 11) is 0. The second-order valence-corrected chi connectivity index (χ2v) is 8.09. The van der Waals surface area contributed by atoms with Crippen LogP contribution < -0.4 is 0 Å². The van der Waals surface area contributed by atoms with Crippen LogP contribution in [0, 0.1) is 11.8 Å². The van der Waals surface area contributed by atoms with Gasteiger partial charge in [0.25, 0.3) is 0 Å². The van der Waals surface area contributed by atoms with E-state index < -0.39 is 16.8 Å². The molecule has 4 rings (SSSR count). The molecule has 1 saturated heterocycles. The van der Waals surface area contributed by atoms with E-state index >= 15 is 0 Å². The Balaban J connectivity index is 1.72. The number of aliphatic hydroxyl groups is 3. The van der Waals surface area contributed by atoms with Gasteiger partial charge in [0.15, 0.2) is 11.4 Å². The quantitative estimate of drug-likeness (QED) is 0.676. The van der Waals surface area contributed by atoms with E-state index in [2.05, 4.69) is 0 Å². The van der Waals surface area contributed by atoms with E-state index in [0.717, 1.165) is 12.8 Å². The monoisotopic (exact) mass is 324 g/mol. The largest absolute Gasteiger partial charge is 0.488 e. The van der Waals surface area contributed by atoms with Gasteiger partial charge in [0.1, 0.15) is 17.5 Å². The Morgan fingerprint density at radius 3 is 2.87 bits per heavy atom. The molecule has 6 nitrogen and oxygen atoms in total. The number of ether oxygens (including phenoxy) is 2. The van der Waals surface area contributed by atoms with Crippen LogP contribution in [0.1, 0.15) is 39.5 Å². The maximum Gasteiger partial charge on any atom is 0.196 e. The molecular weight excluding hydrogens is 300 g/mol. The zero-order valence-corrected chi connectivity index (χ0v) is 13.5. The van der Waals surface area contributed by atoms with Crippen LogP contribution >= 0.6 is 0 Å². The van der Waals surface area contributed by atoms with Crippen LogP contribution in [0.4, 0.5) is 0 Å². The number of carbonyl (C=O) groups excluding carboxylic acids is 1. The number of hydrogen-bond donors (Lipinski definition) is 3. The average molecular weight is 324 g/mol. The molecule has 2 aliphatic carbocycles. The first kappa shape index (κ1) is 15.6. The first-order chi connectivity index (χ1) is 10.7. The highest BCUT2D eigenvalue weighted by atomic mass is 16.6. The van der Waals surface area contributed by atoms with E-state index in [9.17, 15) is 20.1 Å². The summed E-state index contributed by atoms with van der Waals surface area (Å²) in [5.74, 6) is 0.0840. The predicted octanol–water partition coefficient (Wildman–Crippen LogP) is 0.292. The van der Waals surface area contributed by atoms with Gasteiger partial charge in [0.2, 0.25) is 0 Å². The fourth-order valence-electron chi connectivity index (χ4n) is 4.97. The topological polar surface area (TPSA) is 96.2 Å². The molecule has 2 fully saturated rings. The van der Waals surface area contributed by atoms with E-state index in [1.54, 1.807) is 6.92 Å². The molecule has 23 heavy (non-hydrogen) atoms. The van der Waals surface area contributed by atoms with Crippen molar-refractivity contribution < 1.29 is 29.6 Å². The van der Waals surface area contributed by atoms with Gasteiger partial charge in [0, 0.05) is 17.9 Å². The summed E-state index contributed by atoms with van der Waals surface area (Å²) >= 11 is 0. The van der Waals surface area contributed by atoms with Gasteiger partial charge in [-0.25, -0.2) is 0 Å². The second-order valence-electron chi connectivity index (χ2n) is 8.09. The van der Waals surface area contributed by atoms with Crippen LogP contribution in [0.2, 0.25) is 0 Å². The average Bonchev–Trinajstić information content (AvgIpc) is 3.03. The van der Waals surface area contributed by atoms with Gasteiger partial charge in [0.05, 0.1) is 18.8 Å². The second kappa shape index (κ2) is 4.57. The summed E-state index contributed by atoms with van der Waals surface area (Å²) in [5, 5.41) is 30.5. The van der Waals surface area contributed by atoms with Gasteiger partial charge < -0.3 is 24.8 Å². The van der Waals surface area contributed by atoms with Gasteiger partial charge in [-0.2, -0.15) is 0 Å². The highest BCUT2D eigenvalue weighted by Crippen LogP contribution is 2.56. The zero-order chi connectivity index (χ0) is 16.6. The molecule has 6 unspecified atom stereocenters. The molecule has 2 aliphatic heterocycles. The third kappa shape index (κ3) is 1.98. The zero-order valence-electron chi connectivity index (χ0n) is 13.5. The predicted molar refractivity (Wildman–Crippen MR) is 79.4 cm³/mol. The number of ketones is 1. The SMILES string of the molecule is CC(O)(CO)C1CCC2(C)OC3=C(CC12)C(=O)C1(O)COC3C1. The highest BCUT2D eigenvalue weighted by Gasteiger charge is 2.61. The number of carbonyl (C=O) groups is 1. The number of aliphatic hydroxyl groups excluding tert-OH is 1. The Morgan fingerprint density at radius 2 is 2.17 bits per heavy atom. The van der Waals surface area contributed by atoms with Crippen LogP contribution in [0.15, 0.2) is 11.3 Å². The number of Topliss-reactive ketones (excluding diaryl/α,β-unsaturated/α-hetero) is 1. The van der Waals surface area contributed by atoms with E-state index in [1.807, 2.05) is 6.92 Å². The fraction of sp³-hybridized carbons (Fsp3) is 0.824. The molecule has 0 aromatic heterocycles. The molecule has 6 atom stereocenters. The minimum absolute atomic E-state index is 0.0199. The van der Waals surface area contributed by atoms with Crippen molar-refractivity contribution in [2.45, 2.75) is 62.4 Å². The van der Waals surface area contributed by atoms with Gasteiger partial charge in [-0.3, -0.25) is 4.79 Å². The van der Waals surface area contributed by atoms with Crippen molar-refractivity contribution in [3.63, 3.8) is 0 Å². The lowest BCUT2D eigenvalue weighted by molar-refractivity contribution is -0.138. The first-order valence-corrected chi connectivity index (χ1v) is 8.34. The first-order valence-electron chi connectivity index (χ1n) is 8.34. The Morgan fingerprint density at radius 1 is 1.43 bits per heavy atom. The lowest BCUT2D eigenvalue weighted by Crippen LogP contribution is -2.51. The molecule has 0 spiro atoms. The Bertz CT molecular complexity index is 596. The standard InChI is InChI=1S/C17H24O6/c1-15(20,7-18)10-3-4-16(2)11(10)5-9-13(23-16)12-6-17(21,8-22-12)14(9)19/h10-12,18,20-21H,3-8H2,1-2H3. The van der Waals surface area contributed by atoms with Crippen molar-refractivity contribution in [1.82, 2.24) is 0 Å². The fourth-order valence-corrected chi connectivity index (χ4v) is 4.97. The maximum atomic E-state index is 12.7. The molecule has 1 saturated carbocycles. The molecular formula is C17H24O6. The lowest BCUT2D eigenvalue weighted by Gasteiger charge is -2.45. The number of hydrogen-bond acceptors (Lipinski definition) is 6. The molecule has 6 heteroatoms. The van der Waals surface area contributed by atoms with Crippen molar-refractivity contribution >= 4 is 5.78 Å².